The van der Waals surface area contributed by atoms with Crippen LogP contribution in [0, 0.1) is 6.92 Å². The first-order valence-corrected chi connectivity index (χ1v) is 19.6. The number of hydrogen-bond donors (Lipinski definition) is 1. The first-order valence-electron chi connectivity index (χ1n) is 18.0. The summed E-state index contributed by atoms with van der Waals surface area (Å²) in [7, 11) is 0. The Bertz CT molecular complexity index is 3230. The Labute approximate surface area is 314 Å². The molecule has 0 spiro atoms. The fraction of sp³-hybridized carbons (Fsp3) is 0.0204. The van der Waals surface area contributed by atoms with Gasteiger partial charge in [0, 0.05) is 68.1 Å². The van der Waals surface area contributed by atoms with Crippen LogP contribution in [0.15, 0.2) is 170 Å². The number of hydrogen-bond acceptors (Lipinski definition) is 3. The topological polar surface area (TPSA) is 17.0 Å². The second-order valence-corrected chi connectivity index (χ2v) is 16.0. The molecule has 0 aliphatic rings. The van der Waals surface area contributed by atoms with Crippen LogP contribution in [0.3, 0.4) is 0 Å². The summed E-state index contributed by atoms with van der Waals surface area (Å²) in [5, 5.41) is 11.6. The molecule has 0 amide bonds. The molecule has 0 fully saturated rings. The van der Waals surface area contributed by atoms with E-state index < -0.39 is 0 Å². The highest BCUT2D eigenvalue weighted by Crippen LogP contribution is 2.44. The standard InChI is InChI=1S/C49H32N2S2/c1-30-24-25-31(28-37(30)33-12-2-6-16-39(33)50-40-17-10-22-46-48(40)35-14-4-8-20-44(35)52-46)32-26-27-42-38(29-32)34-13-3-7-18-41(34)51(42)43-19-11-23-47-49(43)36-15-5-9-21-45(36)53-47/h2-29,50H,1H3. The molecule has 0 bridgehead atoms. The predicted molar refractivity (Wildman–Crippen MR) is 232 cm³/mol. The molecule has 0 unspecified atom stereocenters. The van der Waals surface area contributed by atoms with Gasteiger partial charge in [-0.2, -0.15) is 0 Å². The molecule has 0 aliphatic carbocycles. The van der Waals surface area contributed by atoms with Crippen molar-refractivity contribution in [3.8, 4) is 27.9 Å². The minimum atomic E-state index is 1.10. The van der Waals surface area contributed by atoms with E-state index in [4.69, 9.17) is 0 Å². The summed E-state index contributed by atoms with van der Waals surface area (Å²) in [6.45, 7) is 2.22. The summed E-state index contributed by atoms with van der Waals surface area (Å²) in [6, 6.07) is 62.3. The monoisotopic (exact) mass is 712 g/mol. The van der Waals surface area contributed by atoms with Crippen molar-refractivity contribution in [1.29, 1.82) is 0 Å². The van der Waals surface area contributed by atoms with Gasteiger partial charge < -0.3 is 9.88 Å². The van der Waals surface area contributed by atoms with E-state index in [1.165, 1.54) is 95.7 Å². The lowest BCUT2D eigenvalue weighted by Gasteiger charge is -2.16. The molecule has 1 N–H and O–H groups in total. The highest BCUT2D eigenvalue weighted by atomic mass is 32.1. The quantitative estimate of drug-likeness (QED) is 0.188. The molecular weight excluding hydrogens is 681 g/mol. The zero-order valence-electron chi connectivity index (χ0n) is 28.9. The maximum atomic E-state index is 3.87. The van der Waals surface area contributed by atoms with Crippen molar-refractivity contribution in [3.63, 3.8) is 0 Å². The number of fused-ring (bicyclic) bond motifs is 9. The van der Waals surface area contributed by atoms with E-state index in [-0.39, 0.29) is 0 Å². The normalized spacial score (nSPS) is 11.9. The Balaban J connectivity index is 1.04. The third-order valence-electron chi connectivity index (χ3n) is 10.8. The minimum absolute atomic E-state index is 1.10. The van der Waals surface area contributed by atoms with Gasteiger partial charge in [0.1, 0.15) is 0 Å². The van der Waals surface area contributed by atoms with Crippen LogP contribution in [0.25, 0.3) is 90.1 Å². The molecule has 0 atom stereocenters. The smallest absolute Gasteiger partial charge is 0.0555 e. The van der Waals surface area contributed by atoms with Crippen molar-refractivity contribution in [2.24, 2.45) is 0 Å². The zero-order valence-corrected chi connectivity index (χ0v) is 30.6. The van der Waals surface area contributed by atoms with E-state index in [2.05, 4.69) is 187 Å². The van der Waals surface area contributed by atoms with Crippen molar-refractivity contribution in [1.82, 2.24) is 4.57 Å². The SMILES string of the molecule is Cc1ccc(-c2ccc3c(c2)c2ccccc2n3-c2cccc3sc4ccccc4c23)cc1-c1ccccc1Nc1cccc2sc3ccccc3c12. The predicted octanol–water partition coefficient (Wildman–Crippen LogP) is 14.9. The van der Waals surface area contributed by atoms with Gasteiger partial charge in [-0.05, 0) is 95.9 Å². The first kappa shape index (κ1) is 30.4. The summed E-state index contributed by atoms with van der Waals surface area (Å²) >= 11 is 3.72. The first-order chi connectivity index (χ1) is 26.2. The van der Waals surface area contributed by atoms with E-state index in [1.807, 2.05) is 22.7 Å². The Kier molecular flexibility index (Phi) is 6.85. The van der Waals surface area contributed by atoms with Gasteiger partial charge in [0.2, 0.25) is 0 Å². The Morgan fingerprint density at radius 3 is 1.83 bits per heavy atom. The zero-order chi connectivity index (χ0) is 35.0. The molecule has 11 rings (SSSR count). The highest BCUT2D eigenvalue weighted by molar-refractivity contribution is 7.26. The van der Waals surface area contributed by atoms with E-state index >= 15 is 0 Å². The van der Waals surface area contributed by atoms with Crippen molar-refractivity contribution in [2.45, 2.75) is 6.92 Å². The van der Waals surface area contributed by atoms with Gasteiger partial charge in [0.05, 0.1) is 16.7 Å². The van der Waals surface area contributed by atoms with Crippen LogP contribution >= 0.6 is 22.7 Å². The summed E-state index contributed by atoms with van der Waals surface area (Å²) in [5.74, 6) is 0. The number of thiophene rings is 2. The third-order valence-corrected chi connectivity index (χ3v) is 13.0. The second kappa shape index (κ2) is 11.9. The molecule has 250 valence electrons. The molecular formula is C49H32N2S2. The lowest BCUT2D eigenvalue weighted by molar-refractivity contribution is 1.20. The minimum Gasteiger partial charge on any atom is -0.354 e. The molecule has 0 radical (unpaired) electrons. The van der Waals surface area contributed by atoms with Crippen molar-refractivity contribution < 1.29 is 0 Å². The van der Waals surface area contributed by atoms with Gasteiger partial charge in [-0.3, -0.25) is 0 Å². The van der Waals surface area contributed by atoms with Crippen LogP contribution < -0.4 is 5.32 Å². The average Bonchev–Trinajstić information content (AvgIpc) is 3.88. The molecule has 0 aliphatic heterocycles. The maximum absolute atomic E-state index is 3.87. The van der Waals surface area contributed by atoms with Crippen LogP contribution in [-0.2, 0) is 0 Å². The summed E-state index contributed by atoms with van der Waals surface area (Å²) in [6.07, 6.45) is 0. The number of aryl methyl sites for hydroxylation is 1. The van der Waals surface area contributed by atoms with E-state index in [0.717, 1.165) is 11.4 Å². The van der Waals surface area contributed by atoms with Gasteiger partial charge in [0.15, 0.2) is 0 Å². The molecule has 2 nitrogen and oxygen atoms in total. The lowest BCUT2D eigenvalue weighted by Crippen LogP contribution is -1.95. The molecule has 3 heterocycles. The van der Waals surface area contributed by atoms with E-state index in [1.54, 1.807) is 0 Å². The van der Waals surface area contributed by atoms with Crippen LogP contribution in [0.1, 0.15) is 5.56 Å². The molecule has 3 aromatic heterocycles. The molecule has 53 heavy (non-hydrogen) atoms. The lowest BCUT2D eigenvalue weighted by atomic mass is 9.93. The van der Waals surface area contributed by atoms with Crippen molar-refractivity contribution in [2.75, 3.05) is 5.32 Å². The van der Waals surface area contributed by atoms with Crippen LogP contribution in [0.4, 0.5) is 11.4 Å². The third kappa shape index (κ3) is 4.76. The van der Waals surface area contributed by atoms with Crippen LogP contribution in [0.5, 0.6) is 0 Å². The van der Waals surface area contributed by atoms with Crippen molar-refractivity contribution >= 4 is 96.2 Å². The number of benzene rings is 8. The van der Waals surface area contributed by atoms with Crippen molar-refractivity contribution in [3.05, 3.63) is 175 Å². The molecule has 0 saturated heterocycles. The van der Waals surface area contributed by atoms with Gasteiger partial charge >= 0.3 is 0 Å². The second-order valence-electron chi connectivity index (χ2n) is 13.8. The summed E-state index contributed by atoms with van der Waals surface area (Å²) < 4.78 is 7.71. The Morgan fingerprint density at radius 2 is 1.00 bits per heavy atom. The molecule has 0 saturated carbocycles. The molecule has 4 heteroatoms. The fourth-order valence-corrected chi connectivity index (χ4v) is 10.6. The summed E-state index contributed by atoms with van der Waals surface area (Å²) in [4.78, 5) is 0. The average molecular weight is 713 g/mol. The number of aromatic nitrogens is 1. The van der Waals surface area contributed by atoms with Gasteiger partial charge in [-0.15, -0.1) is 22.7 Å². The number of rotatable bonds is 5. The van der Waals surface area contributed by atoms with Crippen LogP contribution in [-0.4, -0.2) is 4.57 Å². The number of nitrogens with zero attached hydrogens (tertiary/aromatic N) is 1. The van der Waals surface area contributed by atoms with Gasteiger partial charge in [-0.25, -0.2) is 0 Å². The molecule has 11 aromatic rings. The van der Waals surface area contributed by atoms with Gasteiger partial charge in [0.25, 0.3) is 0 Å². The largest absolute Gasteiger partial charge is 0.354 e. The number of anilines is 2. The number of para-hydroxylation sites is 2. The highest BCUT2D eigenvalue weighted by Gasteiger charge is 2.18. The van der Waals surface area contributed by atoms with E-state index in [9.17, 15) is 0 Å². The molecule has 8 aromatic carbocycles. The number of nitrogens with one attached hydrogen (secondary N) is 1. The summed E-state index contributed by atoms with van der Waals surface area (Å²) in [5.41, 5.74) is 12.0. The maximum Gasteiger partial charge on any atom is 0.0555 e. The van der Waals surface area contributed by atoms with Crippen LogP contribution in [0.2, 0.25) is 0 Å². The Hall–Kier alpha value is -6.20. The van der Waals surface area contributed by atoms with E-state index in [0.29, 0.717) is 0 Å². The Morgan fingerprint density at radius 1 is 0.415 bits per heavy atom. The van der Waals surface area contributed by atoms with Gasteiger partial charge in [-0.1, -0.05) is 103 Å². The fourth-order valence-electron chi connectivity index (χ4n) is 8.30.